The molecule has 2 unspecified atom stereocenters. The molecule has 1 saturated heterocycles. The number of hydrogen-bond acceptors (Lipinski definition) is 1. The normalized spacial score (nSPS) is 37.0. The Bertz CT molecular complexity index is 334. The molecule has 2 fully saturated rings. The summed E-state index contributed by atoms with van der Waals surface area (Å²) in [6, 6.07) is 0. The lowest BCUT2D eigenvalue weighted by Crippen LogP contribution is -2.32. The summed E-state index contributed by atoms with van der Waals surface area (Å²) in [5, 5.41) is 0. The van der Waals surface area contributed by atoms with Crippen LogP contribution in [0.2, 0.25) is 0 Å². The van der Waals surface area contributed by atoms with Crippen molar-refractivity contribution in [2.75, 3.05) is 6.61 Å². The maximum atomic E-state index is 13.4. The summed E-state index contributed by atoms with van der Waals surface area (Å²) in [5.74, 6) is 0.572. The van der Waals surface area contributed by atoms with Gasteiger partial charge in [-0.15, -0.1) is 0 Å². The molecule has 1 saturated carbocycles. The molecule has 2 rings (SSSR count). The van der Waals surface area contributed by atoms with E-state index >= 15 is 0 Å². The van der Waals surface area contributed by atoms with Gasteiger partial charge in [0.25, 0.3) is 0 Å². The van der Waals surface area contributed by atoms with Crippen LogP contribution in [0.5, 0.6) is 0 Å². The van der Waals surface area contributed by atoms with E-state index in [1.54, 1.807) is 0 Å². The number of alkyl halides is 3. The van der Waals surface area contributed by atoms with Gasteiger partial charge in [-0.25, -0.2) is 4.39 Å². The summed E-state index contributed by atoms with van der Waals surface area (Å²) >= 11 is 0. The third-order valence-corrected chi connectivity index (χ3v) is 4.65. The summed E-state index contributed by atoms with van der Waals surface area (Å²) in [5.41, 5.74) is 0. The first-order valence-corrected chi connectivity index (χ1v) is 7.41. The zero-order valence-electron chi connectivity index (χ0n) is 11.8. The van der Waals surface area contributed by atoms with Gasteiger partial charge in [-0.1, -0.05) is 19.8 Å². The highest BCUT2D eigenvalue weighted by atomic mass is 19.4. The molecular formula is C15H22F4O. The largest absolute Gasteiger partial charge is 0.412 e. The van der Waals surface area contributed by atoms with Crippen LogP contribution in [0.25, 0.3) is 0 Å². The van der Waals surface area contributed by atoms with Crippen LogP contribution in [-0.2, 0) is 4.74 Å². The van der Waals surface area contributed by atoms with E-state index < -0.39 is 18.1 Å². The van der Waals surface area contributed by atoms with Crippen molar-refractivity contribution in [2.24, 2.45) is 17.8 Å². The molecule has 0 radical (unpaired) electrons. The lowest BCUT2D eigenvalue weighted by molar-refractivity contribution is -0.0855. The molecule has 5 heteroatoms. The van der Waals surface area contributed by atoms with Crippen molar-refractivity contribution < 1.29 is 22.3 Å². The number of halogens is 4. The van der Waals surface area contributed by atoms with Gasteiger partial charge in [0.05, 0.1) is 12.7 Å². The second kappa shape index (κ2) is 6.46. The fraction of sp³-hybridized carbons (Fsp3) is 0.867. The third-order valence-electron chi connectivity index (χ3n) is 4.65. The lowest BCUT2D eigenvalue weighted by Gasteiger charge is -2.37. The summed E-state index contributed by atoms with van der Waals surface area (Å²) in [7, 11) is 0. The van der Waals surface area contributed by atoms with Gasteiger partial charge < -0.3 is 4.74 Å². The van der Waals surface area contributed by atoms with Gasteiger partial charge in [-0.05, 0) is 43.4 Å². The summed E-state index contributed by atoms with van der Waals surface area (Å²) in [4.78, 5) is 0. The molecule has 0 bridgehead atoms. The second-order valence-corrected chi connectivity index (χ2v) is 6.25. The van der Waals surface area contributed by atoms with Crippen molar-refractivity contribution in [3.63, 3.8) is 0 Å². The van der Waals surface area contributed by atoms with Crippen LogP contribution in [-0.4, -0.2) is 18.9 Å². The maximum absolute atomic E-state index is 13.4. The van der Waals surface area contributed by atoms with E-state index in [2.05, 4.69) is 6.92 Å². The van der Waals surface area contributed by atoms with Gasteiger partial charge in [0.2, 0.25) is 0 Å². The Kier molecular flexibility index (Phi) is 5.10. The van der Waals surface area contributed by atoms with Crippen LogP contribution in [0.4, 0.5) is 17.6 Å². The van der Waals surface area contributed by atoms with Crippen molar-refractivity contribution in [3.05, 3.63) is 11.9 Å². The fourth-order valence-corrected chi connectivity index (χ4v) is 3.37. The number of hydrogen-bond donors (Lipinski definition) is 0. The third kappa shape index (κ3) is 4.47. The van der Waals surface area contributed by atoms with E-state index in [-0.39, 0.29) is 6.08 Å². The van der Waals surface area contributed by atoms with E-state index in [0.29, 0.717) is 24.9 Å². The van der Waals surface area contributed by atoms with Gasteiger partial charge in [0, 0.05) is 0 Å². The van der Waals surface area contributed by atoms with Crippen LogP contribution in [0.1, 0.15) is 45.4 Å². The van der Waals surface area contributed by atoms with E-state index in [1.165, 1.54) is 25.7 Å². The quantitative estimate of drug-likeness (QED) is 0.649. The van der Waals surface area contributed by atoms with Crippen LogP contribution in [0.3, 0.4) is 0 Å². The fourth-order valence-electron chi connectivity index (χ4n) is 3.37. The molecule has 2 atom stereocenters. The standard InChI is InChI=1S/C15H22F4O/c1-10-2-4-11(5-3-10)12-6-7-14(20-9-12)13(16)8-15(17,18)19/h8,10-12,14H,2-7,9H2,1H3/b13-8-. The Morgan fingerprint density at radius 3 is 2.10 bits per heavy atom. The Hall–Kier alpha value is -0.580. The summed E-state index contributed by atoms with van der Waals surface area (Å²) < 4.78 is 55.0. The minimum absolute atomic E-state index is 0.277. The summed E-state index contributed by atoms with van der Waals surface area (Å²) in [6.07, 6.45) is -0.000918. The molecule has 20 heavy (non-hydrogen) atoms. The Balaban J connectivity index is 1.82. The molecule has 116 valence electrons. The molecule has 2 aliphatic rings. The van der Waals surface area contributed by atoms with Crippen molar-refractivity contribution >= 4 is 0 Å². The predicted octanol–water partition coefficient (Wildman–Crippen LogP) is 5.02. The van der Waals surface area contributed by atoms with E-state index in [0.717, 1.165) is 12.3 Å². The SMILES string of the molecule is CC1CCC(C2CCC(/C(F)=C/C(F)(F)F)OC2)CC1. The van der Waals surface area contributed by atoms with Gasteiger partial charge >= 0.3 is 6.18 Å². The first-order valence-electron chi connectivity index (χ1n) is 7.41. The molecule has 0 N–H and O–H groups in total. The molecule has 0 aromatic rings. The highest BCUT2D eigenvalue weighted by Crippen LogP contribution is 2.38. The molecule has 0 amide bonds. The van der Waals surface area contributed by atoms with Crippen molar-refractivity contribution in [1.82, 2.24) is 0 Å². The Morgan fingerprint density at radius 2 is 1.60 bits per heavy atom. The molecule has 0 aromatic carbocycles. The van der Waals surface area contributed by atoms with Crippen molar-refractivity contribution in [2.45, 2.75) is 57.7 Å². The highest BCUT2D eigenvalue weighted by molar-refractivity contribution is 5.04. The number of rotatable bonds is 2. The number of ether oxygens (including phenoxy) is 1. The van der Waals surface area contributed by atoms with Gasteiger partial charge in [-0.3, -0.25) is 0 Å². The lowest BCUT2D eigenvalue weighted by atomic mass is 9.74. The predicted molar refractivity (Wildman–Crippen MR) is 68.8 cm³/mol. The van der Waals surface area contributed by atoms with E-state index in [9.17, 15) is 17.6 Å². The van der Waals surface area contributed by atoms with Gasteiger partial charge in [0.15, 0.2) is 0 Å². The Labute approximate surface area is 117 Å². The van der Waals surface area contributed by atoms with Crippen LogP contribution in [0, 0.1) is 17.8 Å². The zero-order valence-corrected chi connectivity index (χ0v) is 11.8. The molecule has 1 heterocycles. The first kappa shape index (κ1) is 15.8. The molecule has 0 aromatic heterocycles. The van der Waals surface area contributed by atoms with Gasteiger partial charge in [0.1, 0.15) is 11.9 Å². The minimum Gasteiger partial charge on any atom is -0.371 e. The average molecular weight is 294 g/mol. The molecule has 0 spiro atoms. The van der Waals surface area contributed by atoms with Crippen LogP contribution >= 0.6 is 0 Å². The first-order chi connectivity index (χ1) is 9.35. The van der Waals surface area contributed by atoms with Gasteiger partial charge in [-0.2, -0.15) is 13.2 Å². The molecule has 1 nitrogen and oxygen atoms in total. The van der Waals surface area contributed by atoms with Crippen LogP contribution < -0.4 is 0 Å². The van der Waals surface area contributed by atoms with Crippen LogP contribution in [0.15, 0.2) is 11.9 Å². The van der Waals surface area contributed by atoms with E-state index in [1.807, 2.05) is 0 Å². The van der Waals surface area contributed by atoms with E-state index in [4.69, 9.17) is 4.74 Å². The molecular weight excluding hydrogens is 272 g/mol. The second-order valence-electron chi connectivity index (χ2n) is 6.25. The topological polar surface area (TPSA) is 9.23 Å². The van der Waals surface area contributed by atoms with Crippen molar-refractivity contribution in [3.8, 4) is 0 Å². The average Bonchev–Trinajstić information content (AvgIpc) is 2.38. The summed E-state index contributed by atoms with van der Waals surface area (Å²) in [6.45, 7) is 2.64. The highest BCUT2D eigenvalue weighted by Gasteiger charge is 2.34. The number of allylic oxidation sites excluding steroid dienone is 1. The Morgan fingerprint density at radius 1 is 1.00 bits per heavy atom. The zero-order chi connectivity index (χ0) is 14.8. The molecule has 1 aliphatic carbocycles. The smallest absolute Gasteiger partial charge is 0.371 e. The molecule has 1 aliphatic heterocycles. The van der Waals surface area contributed by atoms with Crippen molar-refractivity contribution in [1.29, 1.82) is 0 Å². The maximum Gasteiger partial charge on any atom is 0.412 e. The monoisotopic (exact) mass is 294 g/mol. The minimum atomic E-state index is -4.61.